The second-order valence-corrected chi connectivity index (χ2v) is 6.73. The van der Waals surface area contributed by atoms with Gasteiger partial charge in [-0.1, -0.05) is 32.6 Å². The molecule has 2 N–H and O–H groups in total. The zero-order valence-electron chi connectivity index (χ0n) is 12.3. The number of rotatable bonds is 3. The molecule has 2 heteroatoms. The molecule has 0 bridgehead atoms. The van der Waals surface area contributed by atoms with Gasteiger partial charge in [0.2, 0.25) is 0 Å². The largest absolute Gasteiger partial charge is 0.377 e. The molecule has 2 rings (SSSR count). The Morgan fingerprint density at radius 1 is 1.00 bits per heavy atom. The summed E-state index contributed by atoms with van der Waals surface area (Å²) in [6.45, 7) is 2.36. The van der Waals surface area contributed by atoms with Crippen LogP contribution in [0.3, 0.4) is 0 Å². The second-order valence-electron chi connectivity index (χ2n) is 6.73. The highest BCUT2D eigenvalue weighted by atomic mass is 16.5. The Bertz CT molecular complexity index is 237. The highest BCUT2D eigenvalue weighted by molar-refractivity contribution is 4.98. The van der Waals surface area contributed by atoms with Crippen LogP contribution in [-0.2, 0) is 4.74 Å². The molecule has 1 unspecified atom stereocenters. The summed E-state index contributed by atoms with van der Waals surface area (Å²) < 4.78 is 5.96. The Labute approximate surface area is 113 Å². The molecule has 106 valence electrons. The molecule has 2 nitrogen and oxygen atoms in total. The Kier molecular flexibility index (Phi) is 5.08. The minimum Gasteiger partial charge on any atom is -0.377 e. The van der Waals surface area contributed by atoms with Crippen LogP contribution in [0.15, 0.2) is 0 Å². The van der Waals surface area contributed by atoms with Crippen molar-refractivity contribution in [3.63, 3.8) is 0 Å². The number of methoxy groups -OCH3 is 1. The van der Waals surface area contributed by atoms with Gasteiger partial charge in [-0.05, 0) is 50.4 Å². The van der Waals surface area contributed by atoms with Crippen LogP contribution in [0.25, 0.3) is 0 Å². The van der Waals surface area contributed by atoms with Gasteiger partial charge in [-0.3, -0.25) is 0 Å². The van der Waals surface area contributed by atoms with Gasteiger partial charge in [-0.15, -0.1) is 0 Å². The van der Waals surface area contributed by atoms with Crippen molar-refractivity contribution in [3.8, 4) is 0 Å². The van der Waals surface area contributed by atoms with Crippen molar-refractivity contribution in [1.29, 1.82) is 0 Å². The summed E-state index contributed by atoms with van der Waals surface area (Å²) in [6.07, 6.45) is 13.1. The van der Waals surface area contributed by atoms with Crippen LogP contribution in [0.1, 0.15) is 71.1 Å². The van der Waals surface area contributed by atoms with Crippen molar-refractivity contribution >= 4 is 0 Å². The fraction of sp³-hybridized carbons (Fsp3) is 1.00. The maximum Gasteiger partial charge on any atom is 0.0831 e. The zero-order chi connectivity index (χ0) is 13.0. The summed E-state index contributed by atoms with van der Waals surface area (Å²) in [6, 6.07) is 0.257. The normalized spacial score (nSPS) is 37.2. The lowest BCUT2D eigenvalue weighted by molar-refractivity contribution is -0.0799. The van der Waals surface area contributed by atoms with Crippen LogP contribution in [0.4, 0.5) is 0 Å². The summed E-state index contributed by atoms with van der Waals surface area (Å²) in [7, 11) is 1.88. The molecule has 1 atom stereocenters. The Balaban J connectivity index is 2.01. The van der Waals surface area contributed by atoms with E-state index in [1.54, 1.807) is 0 Å². The van der Waals surface area contributed by atoms with E-state index in [2.05, 4.69) is 6.92 Å². The first-order valence-electron chi connectivity index (χ1n) is 7.99. The molecular weight excluding hydrogens is 222 g/mol. The third kappa shape index (κ3) is 3.08. The number of ether oxygens (including phenoxy) is 1. The van der Waals surface area contributed by atoms with Gasteiger partial charge in [-0.25, -0.2) is 0 Å². The standard InChI is InChI=1S/C16H31NO/c1-13-9-11-16(18-2,12-10-13)15(17)14-7-5-3-4-6-8-14/h13-15H,3-12,17H2,1-2H3. The average Bonchev–Trinajstić information content (AvgIpc) is 2.68. The summed E-state index contributed by atoms with van der Waals surface area (Å²) in [5.41, 5.74) is 6.65. The molecule has 0 spiro atoms. The van der Waals surface area contributed by atoms with Crippen molar-refractivity contribution in [2.75, 3.05) is 7.11 Å². The predicted molar refractivity (Wildman–Crippen MR) is 76.5 cm³/mol. The molecule has 0 radical (unpaired) electrons. The van der Waals surface area contributed by atoms with Gasteiger partial charge < -0.3 is 10.5 Å². The summed E-state index contributed by atoms with van der Waals surface area (Å²) in [4.78, 5) is 0. The molecule has 2 aliphatic rings. The summed E-state index contributed by atoms with van der Waals surface area (Å²) in [5.74, 6) is 1.55. The van der Waals surface area contributed by atoms with Crippen LogP contribution in [0.2, 0.25) is 0 Å². The van der Waals surface area contributed by atoms with Crippen molar-refractivity contribution < 1.29 is 4.74 Å². The van der Waals surface area contributed by atoms with E-state index in [4.69, 9.17) is 10.5 Å². The summed E-state index contributed by atoms with van der Waals surface area (Å²) >= 11 is 0. The second kappa shape index (κ2) is 6.38. The fourth-order valence-corrected chi connectivity index (χ4v) is 4.02. The van der Waals surface area contributed by atoms with Crippen molar-refractivity contribution in [3.05, 3.63) is 0 Å². The molecule has 18 heavy (non-hydrogen) atoms. The molecule has 0 aromatic heterocycles. The van der Waals surface area contributed by atoms with Gasteiger partial charge in [0.15, 0.2) is 0 Å². The van der Waals surface area contributed by atoms with Crippen LogP contribution >= 0.6 is 0 Å². The highest BCUT2D eigenvalue weighted by Gasteiger charge is 2.42. The highest BCUT2D eigenvalue weighted by Crippen LogP contribution is 2.40. The predicted octanol–water partition coefficient (Wildman–Crippen LogP) is 3.88. The molecule has 0 saturated heterocycles. The Hall–Kier alpha value is -0.0800. The Morgan fingerprint density at radius 2 is 1.56 bits per heavy atom. The van der Waals surface area contributed by atoms with Crippen molar-refractivity contribution in [1.82, 2.24) is 0 Å². The quantitative estimate of drug-likeness (QED) is 0.775. The first-order valence-corrected chi connectivity index (χ1v) is 7.99. The molecule has 0 aromatic carbocycles. The maximum atomic E-state index is 6.66. The van der Waals surface area contributed by atoms with E-state index in [0.717, 1.165) is 5.92 Å². The van der Waals surface area contributed by atoms with Gasteiger partial charge in [0, 0.05) is 13.2 Å². The van der Waals surface area contributed by atoms with Crippen LogP contribution in [-0.4, -0.2) is 18.8 Å². The van der Waals surface area contributed by atoms with E-state index in [-0.39, 0.29) is 11.6 Å². The van der Waals surface area contributed by atoms with Crippen LogP contribution in [0.5, 0.6) is 0 Å². The minimum atomic E-state index is -0.0124. The molecule has 2 saturated carbocycles. The average molecular weight is 253 g/mol. The molecular formula is C16H31NO. The topological polar surface area (TPSA) is 35.2 Å². The molecule has 0 aliphatic heterocycles. The van der Waals surface area contributed by atoms with E-state index in [0.29, 0.717) is 5.92 Å². The Morgan fingerprint density at radius 3 is 2.06 bits per heavy atom. The lowest BCUT2D eigenvalue weighted by Gasteiger charge is -2.45. The van der Waals surface area contributed by atoms with Gasteiger partial charge in [-0.2, -0.15) is 0 Å². The number of hydrogen-bond donors (Lipinski definition) is 1. The van der Waals surface area contributed by atoms with E-state index in [1.165, 1.54) is 64.2 Å². The van der Waals surface area contributed by atoms with E-state index >= 15 is 0 Å². The number of hydrogen-bond acceptors (Lipinski definition) is 2. The fourth-order valence-electron chi connectivity index (χ4n) is 4.02. The van der Waals surface area contributed by atoms with Crippen molar-refractivity contribution in [2.24, 2.45) is 17.6 Å². The van der Waals surface area contributed by atoms with E-state index in [9.17, 15) is 0 Å². The monoisotopic (exact) mass is 253 g/mol. The molecule has 2 aliphatic carbocycles. The summed E-state index contributed by atoms with van der Waals surface area (Å²) in [5, 5.41) is 0. The van der Waals surface area contributed by atoms with E-state index in [1.807, 2.05) is 7.11 Å². The van der Waals surface area contributed by atoms with Gasteiger partial charge >= 0.3 is 0 Å². The molecule has 0 amide bonds. The minimum absolute atomic E-state index is 0.0124. The SMILES string of the molecule is COC1(C(N)C2CCCCCC2)CCC(C)CC1. The van der Waals surface area contributed by atoms with E-state index < -0.39 is 0 Å². The molecule has 0 heterocycles. The molecule has 0 aromatic rings. The first kappa shape index (κ1) is 14.3. The van der Waals surface area contributed by atoms with Crippen LogP contribution in [0, 0.1) is 11.8 Å². The van der Waals surface area contributed by atoms with Gasteiger partial charge in [0.05, 0.1) is 5.60 Å². The smallest absolute Gasteiger partial charge is 0.0831 e. The zero-order valence-corrected chi connectivity index (χ0v) is 12.3. The van der Waals surface area contributed by atoms with Crippen LogP contribution < -0.4 is 5.73 Å². The third-order valence-electron chi connectivity index (χ3n) is 5.54. The van der Waals surface area contributed by atoms with Gasteiger partial charge in [0.25, 0.3) is 0 Å². The lowest BCUT2D eigenvalue weighted by atomic mass is 9.70. The lowest BCUT2D eigenvalue weighted by Crippen LogP contribution is -2.55. The third-order valence-corrected chi connectivity index (χ3v) is 5.54. The first-order chi connectivity index (χ1) is 8.68. The number of nitrogens with two attached hydrogens (primary N) is 1. The maximum absolute atomic E-state index is 6.66. The van der Waals surface area contributed by atoms with Gasteiger partial charge in [0.1, 0.15) is 0 Å². The molecule has 2 fully saturated rings. The van der Waals surface area contributed by atoms with Crippen molar-refractivity contribution in [2.45, 2.75) is 82.8 Å².